The van der Waals surface area contributed by atoms with Crippen molar-refractivity contribution in [3.8, 4) is 0 Å². The lowest BCUT2D eigenvalue weighted by Gasteiger charge is -2.32. The van der Waals surface area contributed by atoms with Gasteiger partial charge < -0.3 is 20.9 Å². The Balaban J connectivity index is 1.64. The molecule has 1 aromatic rings. The maximum Gasteiger partial charge on any atom is 0.339 e. The first-order valence-corrected chi connectivity index (χ1v) is 8.88. The predicted molar refractivity (Wildman–Crippen MR) is 103 cm³/mol. The van der Waals surface area contributed by atoms with Crippen LogP contribution in [0.3, 0.4) is 0 Å². The number of carboxylic acids is 1. The summed E-state index contributed by atoms with van der Waals surface area (Å²) in [6, 6.07) is 3.79. The second-order valence-corrected chi connectivity index (χ2v) is 6.72. The van der Waals surface area contributed by atoms with Gasteiger partial charge in [0.05, 0.1) is 17.5 Å². The minimum Gasteiger partial charge on any atom is -0.496 e. The number of pyridine rings is 1. The van der Waals surface area contributed by atoms with Gasteiger partial charge in [0.25, 0.3) is 0 Å². The number of aliphatic imine (C=N–C) groups is 1. The maximum absolute atomic E-state index is 11.5. The molecule has 4 N–H and O–H groups in total. The molecule has 1 aliphatic heterocycles. The molecule has 0 saturated carbocycles. The lowest BCUT2D eigenvalue weighted by Crippen LogP contribution is -2.37. The number of hydrogen-bond acceptors (Lipinski definition) is 6. The molecule has 0 saturated heterocycles. The quantitative estimate of drug-likeness (QED) is 0.677. The predicted octanol–water partition coefficient (Wildman–Crippen LogP) is 1.79. The van der Waals surface area contributed by atoms with Gasteiger partial charge in [-0.3, -0.25) is 9.98 Å². The zero-order valence-electron chi connectivity index (χ0n) is 15.4. The molecule has 0 bridgehead atoms. The van der Waals surface area contributed by atoms with Crippen LogP contribution in [0, 0.1) is 5.92 Å². The van der Waals surface area contributed by atoms with Gasteiger partial charge in [-0.2, -0.15) is 0 Å². The average molecular weight is 368 g/mol. The Morgan fingerprint density at radius 1 is 1.41 bits per heavy atom. The van der Waals surface area contributed by atoms with E-state index < -0.39 is 5.97 Å². The zero-order valence-corrected chi connectivity index (χ0v) is 15.4. The van der Waals surface area contributed by atoms with E-state index in [2.05, 4.69) is 15.3 Å². The van der Waals surface area contributed by atoms with Crippen molar-refractivity contribution in [3.63, 3.8) is 0 Å². The molecule has 1 aliphatic carbocycles. The first-order valence-electron chi connectivity index (χ1n) is 8.88. The number of aromatic nitrogens is 1. The third kappa shape index (κ3) is 4.25. The Hall–Kier alpha value is -2.93. The van der Waals surface area contributed by atoms with Crippen LogP contribution in [0.5, 0.6) is 0 Å². The van der Waals surface area contributed by atoms with Gasteiger partial charge in [-0.05, 0) is 37.6 Å². The standard InChI is InChI=1S/C20H24N4O3/c1-12(23-10-14-6-8-22-9-7-14)11-27-16-5-3-4-15-18(16)19(21)17(20(25)26)13(2)24-15/h3-9,12,15,18,23H,10-11,21H2,1-2H3,(H,25,26). The monoisotopic (exact) mass is 368 g/mol. The fourth-order valence-corrected chi connectivity index (χ4v) is 3.24. The summed E-state index contributed by atoms with van der Waals surface area (Å²) in [4.78, 5) is 20.0. The van der Waals surface area contributed by atoms with Crippen molar-refractivity contribution in [2.24, 2.45) is 16.6 Å². The number of dihydropyridines is 1. The molecular formula is C20H24N4O3. The average Bonchev–Trinajstić information content (AvgIpc) is 2.65. The lowest BCUT2D eigenvalue weighted by molar-refractivity contribution is -0.132. The number of carbonyl (C=O) groups is 1. The molecule has 7 heteroatoms. The topological polar surface area (TPSA) is 110 Å². The van der Waals surface area contributed by atoms with E-state index in [-0.39, 0.29) is 23.6 Å². The molecule has 2 aliphatic rings. The van der Waals surface area contributed by atoms with Crippen LogP contribution in [0.15, 0.2) is 64.8 Å². The first kappa shape index (κ1) is 18.8. The molecule has 0 radical (unpaired) electrons. The van der Waals surface area contributed by atoms with Crippen LogP contribution in [0.1, 0.15) is 19.4 Å². The molecule has 3 unspecified atom stereocenters. The molecular weight excluding hydrogens is 344 g/mol. The largest absolute Gasteiger partial charge is 0.496 e. The summed E-state index contributed by atoms with van der Waals surface area (Å²) in [5.74, 6) is -0.793. The van der Waals surface area contributed by atoms with Crippen molar-refractivity contribution in [3.05, 3.63) is 65.3 Å². The Morgan fingerprint density at radius 2 is 2.15 bits per heavy atom. The second-order valence-electron chi connectivity index (χ2n) is 6.72. The van der Waals surface area contributed by atoms with E-state index in [1.165, 1.54) is 0 Å². The second kappa shape index (κ2) is 8.18. The highest BCUT2D eigenvalue weighted by atomic mass is 16.5. The van der Waals surface area contributed by atoms with E-state index >= 15 is 0 Å². The fourth-order valence-electron chi connectivity index (χ4n) is 3.24. The number of fused-ring (bicyclic) bond motifs is 1. The number of aliphatic carboxylic acids is 1. The van der Waals surface area contributed by atoms with E-state index in [1.54, 1.807) is 19.3 Å². The van der Waals surface area contributed by atoms with Crippen LogP contribution >= 0.6 is 0 Å². The maximum atomic E-state index is 11.5. The Morgan fingerprint density at radius 3 is 2.85 bits per heavy atom. The Kier molecular flexibility index (Phi) is 5.71. The van der Waals surface area contributed by atoms with Crippen LogP contribution in [-0.4, -0.2) is 40.5 Å². The van der Waals surface area contributed by atoms with Crippen LogP contribution in [0.25, 0.3) is 0 Å². The summed E-state index contributed by atoms with van der Waals surface area (Å²) in [5.41, 5.74) is 8.16. The fraction of sp³-hybridized carbons (Fsp3) is 0.350. The highest BCUT2D eigenvalue weighted by Gasteiger charge is 2.36. The Labute approximate surface area is 158 Å². The summed E-state index contributed by atoms with van der Waals surface area (Å²) < 4.78 is 6.00. The summed E-state index contributed by atoms with van der Waals surface area (Å²) in [7, 11) is 0. The normalized spacial score (nSPS) is 22.6. The number of rotatable bonds is 7. The molecule has 0 aromatic carbocycles. The summed E-state index contributed by atoms with van der Waals surface area (Å²) in [6.45, 7) is 4.85. The number of nitrogens with zero attached hydrogens (tertiary/aromatic N) is 2. The summed E-state index contributed by atoms with van der Waals surface area (Å²) in [5, 5.41) is 12.8. The minimum absolute atomic E-state index is 0.0740. The minimum atomic E-state index is -1.06. The lowest BCUT2D eigenvalue weighted by atomic mass is 9.84. The van der Waals surface area contributed by atoms with Crippen LogP contribution < -0.4 is 11.1 Å². The van der Waals surface area contributed by atoms with Gasteiger partial charge in [-0.15, -0.1) is 0 Å². The number of carboxylic acid groups (broad SMARTS) is 1. The summed E-state index contributed by atoms with van der Waals surface area (Å²) in [6.07, 6.45) is 9.15. The molecule has 3 atom stereocenters. The van der Waals surface area contributed by atoms with Gasteiger partial charge >= 0.3 is 5.97 Å². The third-order valence-electron chi connectivity index (χ3n) is 4.66. The van der Waals surface area contributed by atoms with Gasteiger partial charge in [0.15, 0.2) is 0 Å². The highest BCUT2D eigenvalue weighted by Crippen LogP contribution is 2.34. The van der Waals surface area contributed by atoms with Gasteiger partial charge in [-0.25, -0.2) is 4.79 Å². The number of ether oxygens (including phenoxy) is 1. The van der Waals surface area contributed by atoms with E-state index in [0.717, 1.165) is 5.56 Å². The molecule has 1 aromatic heterocycles. The van der Waals surface area contributed by atoms with Crippen LogP contribution in [-0.2, 0) is 16.1 Å². The van der Waals surface area contributed by atoms with E-state index in [4.69, 9.17) is 10.5 Å². The number of nitrogens with one attached hydrogen (secondary N) is 1. The van der Waals surface area contributed by atoms with Crippen molar-refractivity contribution >= 4 is 11.7 Å². The molecule has 7 nitrogen and oxygen atoms in total. The van der Waals surface area contributed by atoms with Gasteiger partial charge in [-0.1, -0.05) is 12.2 Å². The molecule has 2 heterocycles. The van der Waals surface area contributed by atoms with E-state index in [1.807, 2.05) is 37.3 Å². The molecule has 3 rings (SSSR count). The molecule has 0 amide bonds. The van der Waals surface area contributed by atoms with Crippen molar-refractivity contribution in [1.29, 1.82) is 0 Å². The van der Waals surface area contributed by atoms with Crippen molar-refractivity contribution in [1.82, 2.24) is 10.3 Å². The van der Waals surface area contributed by atoms with Gasteiger partial charge in [0, 0.05) is 36.4 Å². The van der Waals surface area contributed by atoms with Gasteiger partial charge in [0.1, 0.15) is 12.4 Å². The molecule has 0 spiro atoms. The summed E-state index contributed by atoms with van der Waals surface area (Å²) >= 11 is 0. The zero-order chi connectivity index (χ0) is 19.4. The van der Waals surface area contributed by atoms with Crippen molar-refractivity contribution in [2.45, 2.75) is 32.5 Å². The number of hydrogen-bond donors (Lipinski definition) is 3. The molecule has 142 valence electrons. The molecule has 27 heavy (non-hydrogen) atoms. The molecule has 0 fully saturated rings. The number of nitrogens with two attached hydrogens (primary N) is 1. The van der Waals surface area contributed by atoms with Crippen molar-refractivity contribution < 1.29 is 14.6 Å². The van der Waals surface area contributed by atoms with E-state index in [0.29, 0.717) is 30.3 Å². The number of allylic oxidation sites excluding steroid dienone is 2. The van der Waals surface area contributed by atoms with Crippen molar-refractivity contribution in [2.75, 3.05) is 6.61 Å². The van der Waals surface area contributed by atoms with E-state index in [9.17, 15) is 9.90 Å². The first-order chi connectivity index (χ1) is 13.0. The Bertz CT molecular complexity index is 827. The van der Waals surface area contributed by atoms with Crippen LogP contribution in [0.4, 0.5) is 0 Å². The SMILES string of the molecule is CC1=NC2C=CC=C(OCC(C)NCc3ccncc3)C2C(N)=C1C(=O)O. The van der Waals surface area contributed by atoms with Gasteiger partial charge in [0.2, 0.25) is 0 Å². The smallest absolute Gasteiger partial charge is 0.339 e. The van der Waals surface area contributed by atoms with Crippen LogP contribution in [0.2, 0.25) is 0 Å². The third-order valence-corrected chi connectivity index (χ3v) is 4.66. The highest BCUT2D eigenvalue weighted by molar-refractivity contribution is 6.19.